The normalized spacial score (nSPS) is 11.8. The Labute approximate surface area is 172 Å². The molecule has 0 saturated heterocycles. The van der Waals surface area contributed by atoms with Gasteiger partial charge in [-0.2, -0.15) is 0 Å². The first-order valence-electron chi connectivity index (χ1n) is 8.25. The van der Waals surface area contributed by atoms with Crippen molar-refractivity contribution >= 4 is 41.5 Å². The molecule has 142 valence electrons. The van der Waals surface area contributed by atoms with E-state index in [-0.39, 0.29) is 24.4 Å². The van der Waals surface area contributed by atoms with Crippen LogP contribution in [0.1, 0.15) is 11.1 Å². The van der Waals surface area contributed by atoms with Gasteiger partial charge < -0.3 is 9.80 Å². The first-order valence-corrected chi connectivity index (χ1v) is 9.00. The molecular weight excluding hydrogens is 391 g/mol. The van der Waals surface area contributed by atoms with E-state index in [1.807, 2.05) is 50.3 Å². The molecule has 1 amide bonds. The van der Waals surface area contributed by atoms with E-state index in [2.05, 4.69) is 17.0 Å². The van der Waals surface area contributed by atoms with Crippen LogP contribution in [-0.4, -0.2) is 49.4 Å². The Bertz CT molecular complexity index is 707. The average molecular weight is 416 g/mol. The van der Waals surface area contributed by atoms with Crippen LogP contribution in [0.25, 0.3) is 0 Å². The van der Waals surface area contributed by atoms with E-state index in [0.717, 1.165) is 18.5 Å². The molecule has 3 nitrogen and oxygen atoms in total. The largest absolute Gasteiger partial charge is 0.341 e. The number of likely N-dealkylation sites (N-methyl/N-ethyl adjacent to an activating group) is 2. The van der Waals surface area contributed by atoms with E-state index in [1.165, 1.54) is 5.56 Å². The smallest absolute Gasteiger partial charge is 0.227 e. The minimum atomic E-state index is 0. The molecule has 26 heavy (non-hydrogen) atoms. The van der Waals surface area contributed by atoms with Crippen LogP contribution in [0.15, 0.2) is 48.5 Å². The standard InChI is InChI=1S/C20H24Cl2N2O.ClH/c1-23(2)14-17(11-15-7-5-4-6-8-15)24(3)20(25)13-16-9-10-18(21)19(22)12-16;/h4-10,12,17H,11,13-14H2,1-3H3;1H/t17-;/m0./s1. The van der Waals surface area contributed by atoms with Crippen LogP contribution in [0.4, 0.5) is 0 Å². The first-order chi connectivity index (χ1) is 11.9. The maximum Gasteiger partial charge on any atom is 0.227 e. The van der Waals surface area contributed by atoms with Crippen molar-refractivity contribution < 1.29 is 4.79 Å². The third kappa shape index (κ3) is 6.81. The van der Waals surface area contributed by atoms with Gasteiger partial charge in [-0.25, -0.2) is 0 Å². The molecule has 2 aromatic rings. The lowest BCUT2D eigenvalue weighted by atomic mass is 10.0. The molecule has 0 fully saturated rings. The lowest BCUT2D eigenvalue weighted by Crippen LogP contribution is -2.45. The minimum Gasteiger partial charge on any atom is -0.341 e. The molecule has 0 aliphatic carbocycles. The van der Waals surface area contributed by atoms with Crippen LogP contribution >= 0.6 is 35.6 Å². The molecule has 0 aromatic heterocycles. The first kappa shape index (κ1) is 22.8. The van der Waals surface area contributed by atoms with Crippen molar-refractivity contribution in [3.63, 3.8) is 0 Å². The van der Waals surface area contributed by atoms with Crippen molar-refractivity contribution in [1.29, 1.82) is 0 Å². The summed E-state index contributed by atoms with van der Waals surface area (Å²) < 4.78 is 0. The van der Waals surface area contributed by atoms with Crippen molar-refractivity contribution in [2.24, 2.45) is 0 Å². The zero-order valence-electron chi connectivity index (χ0n) is 15.3. The van der Waals surface area contributed by atoms with Gasteiger partial charge in [-0.3, -0.25) is 4.79 Å². The highest BCUT2D eigenvalue weighted by Crippen LogP contribution is 2.23. The molecule has 0 N–H and O–H groups in total. The predicted octanol–water partition coefficient (Wildman–Crippen LogP) is 4.59. The second kappa shape index (κ2) is 10.8. The van der Waals surface area contributed by atoms with Crippen LogP contribution in [0.3, 0.4) is 0 Å². The van der Waals surface area contributed by atoms with Gasteiger partial charge in [0, 0.05) is 19.6 Å². The van der Waals surface area contributed by atoms with Gasteiger partial charge in [0.25, 0.3) is 0 Å². The highest BCUT2D eigenvalue weighted by molar-refractivity contribution is 6.42. The zero-order valence-corrected chi connectivity index (χ0v) is 17.6. The fourth-order valence-corrected chi connectivity index (χ4v) is 3.10. The van der Waals surface area contributed by atoms with E-state index in [0.29, 0.717) is 16.5 Å². The van der Waals surface area contributed by atoms with Crippen molar-refractivity contribution in [2.45, 2.75) is 18.9 Å². The Morgan fingerprint density at radius 1 is 0.962 bits per heavy atom. The lowest BCUT2D eigenvalue weighted by Gasteiger charge is -2.31. The van der Waals surface area contributed by atoms with Gasteiger partial charge in [-0.15, -0.1) is 12.4 Å². The number of benzene rings is 2. The number of nitrogens with zero attached hydrogens (tertiary/aromatic N) is 2. The number of halogens is 3. The zero-order chi connectivity index (χ0) is 18.4. The number of hydrogen-bond acceptors (Lipinski definition) is 2. The molecule has 0 bridgehead atoms. The quantitative estimate of drug-likeness (QED) is 0.660. The summed E-state index contributed by atoms with van der Waals surface area (Å²) in [5, 5.41) is 0.976. The van der Waals surface area contributed by atoms with Crippen LogP contribution < -0.4 is 0 Å². The van der Waals surface area contributed by atoms with Gasteiger partial charge in [-0.05, 0) is 43.8 Å². The Hall–Kier alpha value is -1.26. The summed E-state index contributed by atoms with van der Waals surface area (Å²) in [5.41, 5.74) is 2.10. The van der Waals surface area contributed by atoms with Crippen molar-refractivity contribution in [3.05, 3.63) is 69.7 Å². The number of carbonyl (C=O) groups excluding carboxylic acids is 1. The van der Waals surface area contributed by atoms with Gasteiger partial charge in [0.15, 0.2) is 0 Å². The van der Waals surface area contributed by atoms with Gasteiger partial charge in [0.1, 0.15) is 0 Å². The number of carbonyl (C=O) groups is 1. The monoisotopic (exact) mass is 414 g/mol. The Morgan fingerprint density at radius 2 is 1.62 bits per heavy atom. The van der Waals surface area contributed by atoms with Gasteiger partial charge >= 0.3 is 0 Å². The summed E-state index contributed by atoms with van der Waals surface area (Å²) >= 11 is 12.0. The summed E-state index contributed by atoms with van der Waals surface area (Å²) in [6.45, 7) is 0.804. The molecule has 6 heteroatoms. The molecule has 0 saturated carbocycles. The maximum absolute atomic E-state index is 12.8. The SMILES string of the molecule is CN(C)C[C@H](Cc1ccccc1)N(C)C(=O)Cc1ccc(Cl)c(Cl)c1.Cl. The Balaban J connectivity index is 0.00000338. The summed E-state index contributed by atoms with van der Waals surface area (Å²) in [4.78, 5) is 16.7. The molecule has 2 aromatic carbocycles. The van der Waals surface area contributed by atoms with Crippen LogP contribution in [0.2, 0.25) is 10.0 Å². The summed E-state index contributed by atoms with van der Waals surface area (Å²) in [5.74, 6) is 0.0705. The number of amides is 1. The Kier molecular flexibility index (Phi) is 9.45. The molecule has 0 unspecified atom stereocenters. The van der Waals surface area contributed by atoms with E-state index in [4.69, 9.17) is 23.2 Å². The molecular formula is C20H25Cl3N2O. The summed E-state index contributed by atoms with van der Waals surface area (Å²) in [6, 6.07) is 15.7. The molecule has 0 spiro atoms. The van der Waals surface area contributed by atoms with E-state index in [1.54, 1.807) is 12.1 Å². The molecule has 0 radical (unpaired) electrons. The van der Waals surface area contributed by atoms with Crippen LogP contribution in [0.5, 0.6) is 0 Å². The van der Waals surface area contributed by atoms with Gasteiger partial charge in [0.2, 0.25) is 5.91 Å². The highest BCUT2D eigenvalue weighted by Gasteiger charge is 2.21. The average Bonchev–Trinajstić information content (AvgIpc) is 2.57. The predicted molar refractivity (Wildman–Crippen MR) is 113 cm³/mol. The second-order valence-electron chi connectivity index (χ2n) is 6.54. The summed E-state index contributed by atoms with van der Waals surface area (Å²) in [7, 11) is 5.92. The summed E-state index contributed by atoms with van der Waals surface area (Å²) in [6.07, 6.45) is 1.13. The Morgan fingerprint density at radius 3 is 2.19 bits per heavy atom. The third-order valence-electron chi connectivity index (χ3n) is 4.17. The topological polar surface area (TPSA) is 23.6 Å². The van der Waals surface area contributed by atoms with E-state index < -0.39 is 0 Å². The van der Waals surface area contributed by atoms with Crippen LogP contribution in [-0.2, 0) is 17.6 Å². The number of rotatable bonds is 7. The minimum absolute atomic E-state index is 0. The third-order valence-corrected chi connectivity index (χ3v) is 4.91. The van der Waals surface area contributed by atoms with E-state index in [9.17, 15) is 4.79 Å². The number of hydrogen-bond donors (Lipinski definition) is 0. The van der Waals surface area contributed by atoms with Crippen molar-refractivity contribution in [1.82, 2.24) is 9.80 Å². The molecule has 2 rings (SSSR count). The van der Waals surface area contributed by atoms with Gasteiger partial charge in [0.05, 0.1) is 16.5 Å². The van der Waals surface area contributed by atoms with Crippen LogP contribution in [0, 0.1) is 0 Å². The van der Waals surface area contributed by atoms with Crippen molar-refractivity contribution in [2.75, 3.05) is 27.7 Å². The fourth-order valence-electron chi connectivity index (χ4n) is 2.78. The van der Waals surface area contributed by atoms with Gasteiger partial charge in [-0.1, -0.05) is 59.6 Å². The molecule has 0 aliphatic heterocycles. The molecule has 0 heterocycles. The maximum atomic E-state index is 12.8. The molecule has 0 aliphatic rings. The second-order valence-corrected chi connectivity index (χ2v) is 7.35. The lowest BCUT2D eigenvalue weighted by molar-refractivity contribution is -0.131. The highest BCUT2D eigenvalue weighted by atomic mass is 35.5. The molecule has 1 atom stereocenters. The fraction of sp³-hybridized carbons (Fsp3) is 0.350. The van der Waals surface area contributed by atoms with Crippen molar-refractivity contribution in [3.8, 4) is 0 Å². The van der Waals surface area contributed by atoms with E-state index >= 15 is 0 Å².